The maximum Gasteiger partial charge on any atom is 0.311 e. The highest BCUT2D eigenvalue weighted by Crippen LogP contribution is 2.23. The van der Waals surface area contributed by atoms with E-state index < -0.39 is 17.9 Å². The molecule has 21 heavy (non-hydrogen) atoms. The summed E-state index contributed by atoms with van der Waals surface area (Å²) in [6.45, 7) is 2.83. The van der Waals surface area contributed by atoms with Crippen molar-refractivity contribution in [3.63, 3.8) is 0 Å². The first-order chi connectivity index (χ1) is 10.0. The molecule has 1 aromatic rings. The highest BCUT2D eigenvalue weighted by atomic mass is 35.5. The number of halogens is 1. The average Bonchev–Trinajstić information content (AvgIpc) is 2.93. The van der Waals surface area contributed by atoms with Crippen molar-refractivity contribution in [3.8, 4) is 0 Å². The summed E-state index contributed by atoms with van der Waals surface area (Å²) >= 11 is 5.92. The van der Waals surface area contributed by atoms with Crippen LogP contribution in [-0.2, 0) is 9.53 Å². The van der Waals surface area contributed by atoms with Gasteiger partial charge in [0.2, 0.25) is 0 Å². The second-order valence-electron chi connectivity index (χ2n) is 5.06. The lowest BCUT2D eigenvalue weighted by molar-refractivity contribution is -0.142. The molecule has 0 aromatic heterocycles. The molecule has 1 saturated heterocycles. The fourth-order valence-corrected chi connectivity index (χ4v) is 2.72. The summed E-state index contributed by atoms with van der Waals surface area (Å²) in [5.41, 5.74) is 0.465. The Morgan fingerprint density at radius 2 is 2.19 bits per heavy atom. The number of amides is 1. The summed E-state index contributed by atoms with van der Waals surface area (Å²) in [4.78, 5) is 25.6. The molecular weight excluding hydrogens is 294 g/mol. The zero-order valence-electron chi connectivity index (χ0n) is 11.8. The smallest absolute Gasteiger partial charge is 0.311 e. The molecule has 0 radical (unpaired) electrons. The molecule has 1 heterocycles. The maximum atomic E-state index is 12.7. The van der Waals surface area contributed by atoms with E-state index in [-0.39, 0.29) is 19.1 Å². The molecule has 0 saturated carbocycles. The number of carboxylic acids is 1. The Kier molecular flexibility index (Phi) is 5.20. The van der Waals surface area contributed by atoms with Gasteiger partial charge in [0, 0.05) is 17.1 Å². The van der Waals surface area contributed by atoms with E-state index >= 15 is 0 Å². The van der Waals surface area contributed by atoms with E-state index in [0.29, 0.717) is 17.1 Å². The molecule has 2 atom stereocenters. The normalized spacial score (nSPS) is 21.2. The van der Waals surface area contributed by atoms with Gasteiger partial charge in [-0.05, 0) is 24.6 Å². The first kappa shape index (κ1) is 15.8. The van der Waals surface area contributed by atoms with Crippen molar-refractivity contribution in [2.45, 2.75) is 19.4 Å². The van der Waals surface area contributed by atoms with Gasteiger partial charge < -0.3 is 14.7 Å². The zero-order chi connectivity index (χ0) is 15.4. The molecule has 0 aliphatic carbocycles. The number of rotatable bonds is 5. The Hall–Kier alpha value is -1.59. The molecule has 1 aromatic carbocycles. The van der Waals surface area contributed by atoms with Gasteiger partial charge in [-0.3, -0.25) is 9.59 Å². The van der Waals surface area contributed by atoms with E-state index in [0.717, 1.165) is 6.42 Å². The molecule has 0 bridgehead atoms. The molecule has 1 amide bonds. The quantitative estimate of drug-likeness (QED) is 0.906. The molecule has 1 N–H and O–H groups in total. The Morgan fingerprint density at radius 3 is 2.81 bits per heavy atom. The summed E-state index contributed by atoms with van der Waals surface area (Å²) in [5.74, 6) is -1.82. The van der Waals surface area contributed by atoms with Gasteiger partial charge in [-0.15, -0.1) is 0 Å². The van der Waals surface area contributed by atoms with Gasteiger partial charge in [0.05, 0.1) is 19.3 Å². The van der Waals surface area contributed by atoms with Crippen LogP contribution >= 0.6 is 11.6 Å². The Morgan fingerprint density at radius 1 is 1.43 bits per heavy atom. The van der Waals surface area contributed by atoms with E-state index in [1.54, 1.807) is 29.2 Å². The van der Waals surface area contributed by atoms with Gasteiger partial charge in [-0.2, -0.15) is 0 Å². The minimum Gasteiger partial charge on any atom is -0.481 e. The Labute approximate surface area is 128 Å². The van der Waals surface area contributed by atoms with Gasteiger partial charge in [-0.1, -0.05) is 24.6 Å². The number of benzene rings is 1. The van der Waals surface area contributed by atoms with Crippen molar-refractivity contribution >= 4 is 23.5 Å². The van der Waals surface area contributed by atoms with Crippen LogP contribution in [0.25, 0.3) is 0 Å². The maximum absolute atomic E-state index is 12.7. The fraction of sp³-hybridized carbons (Fsp3) is 0.467. The third-order valence-corrected chi connectivity index (χ3v) is 3.80. The topological polar surface area (TPSA) is 66.8 Å². The van der Waals surface area contributed by atoms with Crippen molar-refractivity contribution in [1.82, 2.24) is 4.90 Å². The number of carbonyl (C=O) groups excluding carboxylic acids is 1. The second kappa shape index (κ2) is 6.91. The minimum absolute atomic E-state index is 0.142. The van der Waals surface area contributed by atoms with Crippen molar-refractivity contribution in [1.29, 1.82) is 0 Å². The summed E-state index contributed by atoms with van der Waals surface area (Å²) < 4.78 is 5.27. The van der Waals surface area contributed by atoms with Crippen molar-refractivity contribution < 1.29 is 19.4 Å². The van der Waals surface area contributed by atoms with E-state index in [1.165, 1.54) is 0 Å². The van der Waals surface area contributed by atoms with Crippen LogP contribution < -0.4 is 0 Å². The number of aliphatic carboxylic acids is 1. The molecule has 114 valence electrons. The Bertz CT molecular complexity index is 534. The van der Waals surface area contributed by atoms with Crippen LogP contribution in [0.4, 0.5) is 0 Å². The highest BCUT2D eigenvalue weighted by molar-refractivity contribution is 6.30. The van der Waals surface area contributed by atoms with Crippen LogP contribution in [0, 0.1) is 5.92 Å². The molecule has 2 unspecified atom stereocenters. The van der Waals surface area contributed by atoms with E-state index in [9.17, 15) is 14.7 Å². The third-order valence-electron chi connectivity index (χ3n) is 3.56. The first-order valence-corrected chi connectivity index (χ1v) is 7.29. The summed E-state index contributed by atoms with van der Waals surface area (Å²) in [5, 5.41) is 9.74. The van der Waals surface area contributed by atoms with Gasteiger partial charge in [0.1, 0.15) is 5.92 Å². The predicted octanol–water partition coefficient (Wildman–Crippen LogP) is 2.29. The van der Waals surface area contributed by atoms with Crippen LogP contribution in [0.15, 0.2) is 24.3 Å². The summed E-state index contributed by atoms with van der Waals surface area (Å²) in [6.07, 6.45) is 0.745. The molecule has 5 nitrogen and oxygen atoms in total. The van der Waals surface area contributed by atoms with Crippen molar-refractivity contribution in [2.75, 3.05) is 19.8 Å². The van der Waals surface area contributed by atoms with Crippen LogP contribution in [0.2, 0.25) is 5.02 Å². The molecule has 0 spiro atoms. The van der Waals surface area contributed by atoms with Gasteiger partial charge in [0.15, 0.2) is 0 Å². The number of carboxylic acid groups (broad SMARTS) is 1. The van der Waals surface area contributed by atoms with E-state index in [4.69, 9.17) is 16.3 Å². The highest BCUT2D eigenvalue weighted by Gasteiger charge is 2.39. The third kappa shape index (κ3) is 3.54. The lowest BCUT2D eigenvalue weighted by atomic mass is 10.0. The zero-order valence-corrected chi connectivity index (χ0v) is 12.5. The van der Waals surface area contributed by atoms with E-state index in [1.807, 2.05) is 6.92 Å². The van der Waals surface area contributed by atoms with Gasteiger partial charge in [0.25, 0.3) is 5.91 Å². The first-order valence-electron chi connectivity index (χ1n) is 6.91. The second-order valence-corrected chi connectivity index (χ2v) is 5.49. The fourth-order valence-electron chi connectivity index (χ4n) is 2.53. The molecule has 2 rings (SSSR count). The lowest BCUT2D eigenvalue weighted by Gasteiger charge is -2.30. The van der Waals surface area contributed by atoms with Crippen LogP contribution in [0.1, 0.15) is 23.7 Å². The molecule has 1 fully saturated rings. The number of hydrogen-bond acceptors (Lipinski definition) is 3. The number of nitrogens with zero attached hydrogens (tertiary/aromatic N) is 1. The average molecular weight is 312 g/mol. The van der Waals surface area contributed by atoms with Crippen LogP contribution in [0.5, 0.6) is 0 Å². The van der Waals surface area contributed by atoms with Crippen molar-refractivity contribution in [3.05, 3.63) is 34.9 Å². The van der Waals surface area contributed by atoms with Gasteiger partial charge >= 0.3 is 5.97 Å². The van der Waals surface area contributed by atoms with E-state index in [2.05, 4.69) is 0 Å². The minimum atomic E-state index is -0.933. The SMILES string of the molecule is CCCN(C(=O)c1cccc(Cl)c1)C1COCC1C(=O)O. The Balaban J connectivity index is 2.26. The molecular formula is C15H18ClNO4. The van der Waals surface area contributed by atoms with Crippen LogP contribution in [0.3, 0.4) is 0 Å². The molecule has 6 heteroatoms. The number of carbonyl (C=O) groups is 2. The number of hydrogen-bond donors (Lipinski definition) is 1. The van der Waals surface area contributed by atoms with Gasteiger partial charge in [-0.25, -0.2) is 0 Å². The molecule has 1 aliphatic heterocycles. The number of ether oxygens (including phenoxy) is 1. The summed E-state index contributed by atoms with van der Waals surface area (Å²) in [6, 6.07) is 6.25. The predicted molar refractivity (Wildman–Crippen MR) is 78.5 cm³/mol. The lowest BCUT2D eigenvalue weighted by Crippen LogP contribution is -2.47. The summed E-state index contributed by atoms with van der Waals surface area (Å²) in [7, 11) is 0. The van der Waals surface area contributed by atoms with Crippen molar-refractivity contribution in [2.24, 2.45) is 5.92 Å². The molecule has 1 aliphatic rings. The largest absolute Gasteiger partial charge is 0.481 e. The monoisotopic (exact) mass is 311 g/mol. The van der Waals surface area contributed by atoms with Crippen LogP contribution in [-0.4, -0.2) is 47.7 Å². The standard InChI is InChI=1S/C15H18ClNO4/c1-2-6-17(13-9-21-8-12(13)15(19)20)14(18)10-4-3-5-11(16)7-10/h3-5,7,12-13H,2,6,8-9H2,1H3,(H,19,20).